The second-order valence-electron chi connectivity index (χ2n) is 6.18. The van der Waals surface area contributed by atoms with Crippen LogP contribution in [0.25, 0.3) is 11.3 Å². The highest BCUT2D eigenvalue weighted by Gasteiger charge is 2.12. The van der Waals surface area contributed by atoms with E-state index in [0.717, 1.165) is 23.4 Å². The third-order valence-electron chi connectivity index (χ3n) is 4.16. The van der Waals surface area contributed by atoms with Crippen LogP contribution in [0.4, 0.5) is 0 Å². The van der Waals surface area contributed by atoms with Gasteiger partial charge in [-0.15, -0.1) is 0 Å². The van der Waals surface area contributed by atoms with Gasteiger partial charge in [0.1, 0.15) is 17.2 Å². The van der Waals surface area contributed by atoms with Crippen LogP contribution in [0.2, 0.25) is 5.02 Å². The molecule has 0 aliphatic rings. The van der Waals surface area contributed by atoms with E-state index in [-0.39, 0.29) is 12.5 Å². The zero-order valence-electron chi connectivity index (χ0n) is 15.1. The summed E-state index contributed by atoms with van der Waals surface area (Å²) < 4.78 is 10.9. The Morgan fingerprint density at radius 3 is 2.67 bits per heavy atom. The minimum absolute atomic E-state index is 0.0410. The van der Waals surface area contributed by atoms with Gasteiger partial charge in [0.2, 0.25) is 0 Å². The summed E-state index contributed by atoms with van der Waals surface area (Å²) in [4.78, 5) is 13.8. The molecule has 3 rings (SSSR count). The van der Waals surface area contributed by atoms with Crippen LogP contribution >= 0.6 is 11.6 Å². The molecule has 0 saturated carbocycles. The molecule has 5 nitrogen and oxygen atoms in total. The average Bonchev–Trinajstić information content (AvgIpc) is 3.16. The molecule has 0 N–H and O–H groups in total. The van der Waals surface area contributed by atoms with E-state index in [4.69, 9.17) is 20.9 Å². The normalized spacial score (nSPS) is 10.6. The second-order valence-corrected chi connectivity index (χ2v) is 6.59. The number of amides is 1. The molecular weight excluding hydrogens is 364 g/mol. The van der Waals surface area contributed by atoms with E-state index >= 15 is 0 Å². The summed E-state index contributed by atoms with van der Waals surface area (Å²) in [5, 5.41) is 4.60. The fourth-order valence-electron chi connectivity index (χ4n) is 2.60. The molecular formula is C21H21ClN2O3. The number of aryl methyl sites for hydroxylation is 1. The minimum atomic E-state index is -0.0996. The smallest absolute Gasteiger partial charge is 0.260 e. The number of likely N-dealkylation sites (N-methyl/N-ethyl adjacent to an activating group) is 1. The molecule has 0 spiro atoms. The van der Waals surface area contributed by atoms with Crippen LogP contribution in [0.15, 0.2) is 65.2 Å². The van der Waals surface area contributed by atoms with Crippen molar-refractivity contribution in [3.05, 3.63) is 71.4 Å². The molecule has 2 aromatic carbocycles. The lowest BCUT2D eigenvalue weighted by Crippen LogP contribution is -2.32. The Morgan fingerprint density at radius 1 is 1.15 bits per heavy atom. The maximum atomic E-state index is 12.2. The molecule has 3 aromatic rings. The highest BCUT2D eigenvalue weighted by molar-refractivity contribution is 6.32. The fourth-order valence-corrected chi connectivity index (χ4v) is 2.79. The van der Waals surface area contributed by atoms with Crippen LogP contribution < -0.4 is 4.74 Å². The van der Waals surface area contributed by atoms with Gasteiger partial charge >= 0.3 is 0 Å². The zero-order chi connectivity index (χ0) is 19.1. The Bertz CT molecular complexity index is 880. The summed E-state index contributed by atoms with van der Waals surface area (Å²) in [7, 11) is 1.76. The Labute approximate surface area is 163 Å². The van der Waals surface area contributed by atoms with E-state index in [2.05, 4.69) is 5.16 Å². The van der Waals surface area contributed by atoms with Gasteiger partial charge in [0.05, 0.1) is 5.02 Å². The second kappa shape index (κ2) is 9.24. The number of carbonyl (C=O) groups is 1. The summed E-state index contributed by atoms with van der Waals surface area (Å²) in [5.74, 6) is 1.22. The van der Waals surface area contributed by atoms with Gasteiger partial charge in [-0.1, -0.05) is 59.2 Å². The molecule has 1 aromatic heterocycles. The first-order valence-corrected chi connectivity index (χ1v) is 9.13. The summed E-state index contributed by atoms with van der Waals surface area (Å²) in [6, 6.07) is 18.9. The van der Waals surface area contributed by atoms with Crippen LogP contribution in [0.5, 0.6) is 5.75 Å². The van der Waals surface area contributed by atoms with E-state index in [9.17, 15) is 4.79 Å². The number of rotatable bonds is 8. The molecule has 0 saturated heterocycles. The van der Waals surface area contributed by atoms with Crippen molar-refractivity contribution < 1.29 is 14.1 Å². The molecule has 0 radical (unpaired) electrons. The van der Waals surface area contributed by atoms with Crippen LogP contribution in [0.3, 0.4) is 0 Å². The van der Waals surface area contributed by atoms with E-state index in [1.54, 1.807) is 24.1 Å². The molecule has 0 aliphatic heterocycles. The van der Waals surface area contributed by atoms with Crippen molar-refractivity contribution in [2.24, 2.45) is 0 Å². The number of aromatic nitrogens is 1. The lowest BCUT2D eigenvalue weighted by molar-refractivity contribution is -0.132. The SMILES string of the molecule is CN(CCCc1cc(-c2ccccc2)no1)C(=O)COc1ccccc1Cl. The monoisotopic (exact) mass is 384 g/mol. The summed E-state index contributed by atoms with van der Waals surface area (Å²) >= 11 is 6.02. The topological polar surface area (TPSA) is 55.6 Å². The number of ether oxygens (including phenoxy) is 1. The molecule has 0 fully saturated rings. The number of halogens is 1. The van der Waals surface area contributed by atoms with Crippen molar-refractivity contribution in [3.8, 4) is 17.0 Å². The number of para-hydroxylation sites is 1. The summed E-state index contributed by atoms with van der Waals surface area (Å²) in [6.45, 7) is 0.562. The molecule has 140 valence electrons. The van der Waals surface area contributed by atoms with E-state index < -0.39 is 0 Å². The van der Waals surface area contributed by atoms with Crippen molar-refractivity contribution in [2.75, 3.05) is 20.2 Å². The van der Waals surface area contributed by atoms with E-state index in [1.807, 2.05) is 48.5 Å². The lowest BCUT2D eigenvalue weighted by atomic mass is 10.1. The standard InChI is InChI=1S/C21H21ClN2O3/c1-24(21(25)15-26-20-12-6-5-11-18(20)22)13-7-10-17-14-19(23-27-17)16-8-3-2-4-9-16/h2-6,8-9,11-12,14H,7,10,13,15H2,1H3. The molecule has 6 heteroatoms. The van der Waals surface area contributed by atoms with E-state index in [1.165, 1.54) is 0 Å². The maximum absolute atomic E-state index is 12.2. The van der Waals surface area contributed by atoms with Gasteiger partial charge in [-0.05, 0) is 18.6 Å². The Hall–Kier alpha value is -2.79. The summed E-state index contributed by atoms with van der Waals surface area (Å²) in [5.41, 5.74) is 1.85. The fraction of sp³-hybridized carbons (Fsp3) is 0.238. The average molecular weight is 385 g/mol. The van der Waals surface area contributed by atoms with E-state index in [0.29, 0.717) is 23.7 Å². The van der Waals surface area contributed by atoms with Crippen LogP contribution in [0.1, 0.15) is 12.2 Å². The number of hydrogen-bond donors (Lipinski definition) is 0. The first-order valence-electron chi connectivity index (χ1n) is 8.76. The Kier molecular flexibility index (Phi) is 6.49. The first kappa shape index (κ1) is 19.0. The highest BCUT2D eigenvalue weighted by Crippen LogP contribution is 2.23. The number of hydrogen-bond acceptors (Lipinski definition) is 4. The van der Waals surface area contributed by atoms with Gasteiger partial charge in [-0.25, -0.2) is 0 Å². The molecule has 27 heavy (non-hydrogen) atoms. The van der Waals surface area contributed by atoms with Crippen LogP contribution in [0, 0.1) is 0 Å². The number of carbonyl (C=O) groups excluding carboxylic acids is 1. The van der Waals surface area contributed by atoms with Crippen LogP contribution in [-0.4, -0.2) is 36.2 Å². The lowest BCUT2D eigenvalue weighted by Gasteiger charge is -2.17. The van der Waals surface area contributed by atoms with Gasteiger partial charge in [-0.2, -0.15) is 0 Å². The predicted molar refractivity (Wildman–Crippen MR) is 105 cm³/mol. The van der Waals surface area contributed by atoms with Crippen molar-refractivity contribution in [1.82, 2.24) is 10.1 Å². The van der Waals surface area contributed by atoms with Crippen molar-refractivity contribution >= 4 is 17.5 Å². The quantitative estimate of drug-likeness (QED) is 0.575. The number of benzene rings is 2. The van der Waals surface area contributed by atoms with Gasteiger partial charge in [0.25, 0.3) is 5.91 Å². The number of nitrogens with zero attached hydrogens (tertiary/aromatic N) is 2. The third kappa shape index (κ3) is 5.34. The maximum Gasteiger partial charge on any atom is 0.260 e. The Morgan fingerprint density at radius 2 is 1.89 bits per heavy atom. The molecule has 0 bridgehead atoms. The summed E-state index contributed by atoms with van der Waals surface area (Å²) in [6.07, 6.45) is 1.49. The Balaban J connectivity index is 1.43. The predicted octanol–water partition coefficient (Wildman–Crippen LogP) is 4.47. The highest BCUT2D eigenvalue weighted by atomic mass is 35.5. The molecule has 1 amide bonds. The largest absolute Gasteiger partial charge is 0.482 e. The van der Waals surface area contributed by atoms with Crippen molar-refractivity contribution in [2.45, 2.75) is 12.8 Å². The minimum Gasteiger partial charge on any atom is -0.482 e. The first-order chi connectivity index (χ1) is 13.1. The zero-order valence-corrected chi connectivity index (χ0v) is 15.9. The third-order valence-corrected chi connectivity index (χ3v) is 4.47. The van der Waals surface area contributed by atoms with Gasteiger partial charge in [0, 0.05) is 31.6 Å². The molecule has 0 unspecified atom stereocenters. The molecule has 0 aliphatic carbocycles. The molecule has 1 heterocycles. The molecule has 0 atom stereocenters. The van der Waals surface area contributed by atoms with Gasteiger partial charge in [0.15, 0.2) is 6.61 Å². The van der Waals surface area contributed by atoms with Crippen LogP contribution in [-0.2, 0) is 11.2 Å². The van der Waals surface area contributed by atoms with Crippen molar-refractivity contribution in [3.63, 3.8) is 0 Å². The van der Waals surface area contributed by atoms with Gasteiger partial charge in [-0.3, -0.25) is 4.79 Å². The van der Waals surface area contributed by atoms with Gasteiger partial charge < -0.3 is 14.2 Å². The van der Waals surface area contributed by atoms with Crippen molar-refractivity contribution in [1.29, 1.82) is 0 Å².